The molecule has 0 amide bonds. The Morgan fingerprint density at radius 2 is 1.87 bits per heavy atom. The lowest BCUT2D eigenvalue weighted by molar-refractivity contribution is 0.568. The van der Waals surface area contributed by atoms with Crippen LogP contribution in [0.1, 0.15) is 50.5 Å². The summed E-state index contributed by atoms with van der Waals surface area (Å²) in [6, 6.07) is 12.2. The van der Waals surface area contributed by atoms with Crippen LogP contribution in [0.15, 0.2) is 42.6 Å². The Morgan fingerprint density at radius 1 is 1.00 bits per heavy atom. The number of hydrogen-bond acceptors (Lipinski definition) is 6. The Hall–Kier alpha value is -3.42. The number of nitrogens with one attached hydrogen (secondary N) is 1. The third kappa shape index (κ3) is 4.42. The van der Waals surface area contributed by atoms with Gasteiger partial charge in [-0.15, -0.1) is 5.10 Å². The highest BCUT2D eigenvalue weighted by Gasteiger charge is 2.13. The topological polar surface area (TPSA) is 98.1 Å². The summed E-state index contributed by atoms with van der Waals surface area (Å²) in [7, 11) is 0. The minimum Gasteiger partial charge on any atom is -0.260 e. The molecule has 0 spiro atoms. The van der Waals surface area contributed by atoms with Crippen LogP contribution in [-0.4, -0.2) is 40.4 Å². The molecule has 1 N–H and O–H groups in total. The fraction of sp³-hybridized carbons (Fsp3) is 0.364. The number of benzene rings is 1. The van der Waals surface area contributed by atoms with E-state index >= 15 is 0 Å². The first-order chi connectivity index (χ1) is 14.8. The highest BCUT2D eigenvalue weighted by molar-refractivity contribution is 5.79. The Labute approximate surface area is 175 Å². The van der Waals surface area contributed by atoms with Crippen LogP contribution < -0.4 is 0 Å². The fourth-order valence-corrected chi connectivity index (χ4v) is 3.45. The second-order valence-corrected chi connectivity index (χ2v) is 7.28. The Balaban J connectivity index is 1.56. The summed E-state index contributed by atoms with van der Waals surface area (Å²) in [5, 5.41) is 18.9. The minimum atomic E-state index is 0.641. The number of rotatable bonds is 9. The fourth-order valence-electron chi connectivity index (χ4n) is 3.45. The van der Waals surface area contributed by atoms with E-state index in [1.165, 1.54) is 0 Å². The molecule has 8 heteroatoms. The first-order valence-corrected chi connectivity index (χ1v) is 10.5. The lowest BCUT2D eigenvalue weighted by Crippen LogP contribution is -2.06. The maximum atomic E-state index is 4.78. The number of hydrogen-bond donors (Lipinski definition) is 1. The van der Waals surface area contributed by atoms with Gasteiger partial charge in [-0.1, -0.05) is 50.6 Å². The summed E-state index contributed by atoms with van der Waals surface area (Å²) < 4.78 is 2.03. The predicted molar refractivity (Wildman–Crippen MR) is 115 cm³/mol. The smallest absolute Gasteiger partial charge is 0.180 e. The lowest BCUT2D eigenvalue weighted by Gasteiger charge is -2.08. The number of unbranched alkanes of at least 4 members (excludes halogenated alkanes) is 1. The van der Waals surface area contributed by atoms with E-state index in [2.05, 4.69) is 46.6 Å². The van der Waals surface area contributed by atoms with Crippen LogP contribution in [0.25, 0.3) is 22.5 Å². The zero-order valence-electron chi connectivity index (χ0n) is 17.4. The molecule has 0 aliphatic heterocycles. The highest BCUT2D eigenvalue weighted by atomic mass is 15.5. The first-order valence-electron chi connectivity index (χ1n) is 10.5. The van der Waals surface area contributed by atoms with Gasteiger partial charge in [-0.25, -0.2) is 14.8 Å². The van der Waals surface area contributed by atoms with Gasteiger partial charge in [0, 0.05) is 42.4 Å². The van der Waals surface area contributed by atoms with Gasteiger partial charge in [0.2, 0.25) is 0 Å². The number of aryl methyl sites for hydroxylation is 2. The van der Waals surface area contributed by atoms with E-state index in [-0.39, 0.29) is 0 Å². The zero-order chi connectivity index (χ0) is 20.8. The largest absolute Gasteiger partial charge is 0.260 e. The van der Waals surface area contributed by atoms with Crippen LogP contribution in [0.2, 0.25) is 0 Å². The van der Waals surface area contributed by atoms with Gasteiger partial charge < -0.3 is 0 Å². The van der Waals surface area contributed by atoms with Crippen molar-refractivity contribution in [3.05, 3.63) is 59.9 Å². The van der Waals surface area contributed by atoms with E-state index in [1.54, 1.807) is 0 Å². The van der Waals surface area contributed by atoms with Crippen molar-refractivity contribution in [2.45, 2.75) is 52.5 Å². The Kier molecular flexibility index (Phi) is 6.22. The summed E-state index contributed by atoms with van der Waals surface area (Å²) in [6.07, 6.45) is 6.79. The van der Waals surface area contributed by atoms with Gasteiger partial charge in [0.25, 0.3) is 0 Å². The molecule has 4 aromatic rings. The van der Waals surface area contributed by atoms with Crippen LogP contribution in [-0.2, 0) is 19.4 Å². The van der Waals surface area contributed by atoms with Crippen molar-refractivity contribution in [3.8, 4) is 22.5 Å². The monoisotopic (exact) mass is 402 g/mol. The van der Waals surface area contributed by atoms with Crippen molar-refractivity contribution < 1.29 is 0 Å². The summed E-state index contributed by atoms with van der Waals surface area (Å²) in [5.41, 5.74) is 3.97. The Bertz CT molecular complexity index is 1070. The number of nitrogens with zero attached hydrogens (tertiary/aromatic N) is 7. The van der Waals surface area contributed by atoms with Crippen molar-refractivity contribution >= 4 is 0 Å². The molecular formula is C22H26N8. The van der Waals surface area contributed by atoms with Crippen LogP contribution >= 0.6 is 0 Å². The molecule has 0 unspecified atom stereocenters. The molecule has 0 bridgehead atoms. The maximum Gasteiger partial charge on any atom is 0.180 e. The molecule has 0 aliphatic carbocycles. The van der Waals surface area contributed by atoms with Crippen LogP contribution in [0.4, 0.5) is 0 Å². The van der Waals surface area contributed by atoms with Gasteiger partial charge in [-0.05, 0) is 34.9 Å². The second kappa shape index (κ2) is 9.39. The second-order valence-electron chi connectivity index (χ2n) is 7.28. The van der Waals surface area contributed by atoms with E-state index < -0.39 is 0 Å². The van der Waals surface area contributed by atoms with E-state index in [9.17, 15) is 0 Å². The zero-order valence-corrected chi connectivity index (χ0v) is 17.4. The van der Waals surface area contributed by atoms with Gasteiger partial charge in [0.15, 0.2) is 11.6 Å². The van der Waals surface area contributed by atoms with Gasteiger partial charge in [-0.2, -0.15) is 5.10 Å². The predicted octanol–water partition coefficient (Wildman–Crippen LogP) is 3.86. The van der Waals surface area contributed by atoms with E-state index in [0.29, 0.717) is 12.2 Å². The van der Waals surface area contributed by atoms with Crippen molar-refractivity contribution in [2.75, 3.05) is 0 Å². The molecule has 3 heterocycles. The molecule has 154 valence electrons. The van der Waals surface area contributed by atoms with Crippen molar-refractivity contribution in [1.29, 1.82) is 0 Å². The SMILES string of the molecule is CCCCc1nc(Cc2ccc(-c3ccccc3-c3nnn[nH]3)cn2)n(CCC)n1. The van der Waals surface area contributed by atoms with E-state index in [1.807, 2.05) is 35.1 Å². The van der Waals surface area contributed by atoms with E-state index in [4.69, 9.17) is 15.1 Å². The maximum absolute atomic E-state index is 4.78. The molecule has 1 aromatic carbocycles. The molecular weight excluding hydrogens is 376 g/mol. The van der Waals surface area contributed by atoms with Crippen LogP contribution in [0.3, 0.4) is 0 Å². The Morgan fingerprint density at radius 3 is 2.57 bits per heavy atom. The van der Waals surface area contributed by atoms with Gasteiger partial charge in [0.1, 0.15) is 5.82 Å². The van der Waals surface area contributed by atoms with Gasteiger partial charge in [-0.3, -0.25) is 4.98 Å². The third-order valence-corrected chi connectivity index (χ3v) is 4.98. The minimum absolute atomic E-state index is 0.641. The van der Waals surface area contributed by atoms with Crippen molar-refractivity contribution in [2.24, 2.45) is 0 Å². The first kappa shape index (κ1) is 19.9. The third-order valence-electron chi connectivity index (χ3n) is 4.98. The molecule has 4 rings (SSSR count). The number of aromatic amines is 1. The molecule has 0 atom stereocenters. The van der Waals surface area contributed by atoms with Crippen LogP contribution in [0, 0.1) is 0 Å². The lowest BCUT2D eigenvalue weighted by atomic mass is 10.0. The summed E-state index contributed by atoms with van der Waals surface area (Å²) >= 11 is 0. The molecule has 0 saturated carbocycles. The van der Waals surface area contributed by atoms with Crippen molar-refractivity contribution in [3.63, 3.8) is 0 Å². The highest BCUT2D eigenvalue weighted by Crippen LogP contribution is 2.29. The molecule has 3 aromatic heterocycles. The molecule has 8 nitrogen and oxygen atoms in total. The quantitative estimate of drug-likeness (QED) is 0.456. The molecule has 30 heavy (non-hydrogen) atoms. The number of aromatic nitrogens is 8. The molecule has 0 fully saturated rings. The number of tetrazole rings is 1. The van der Waals surface area contributed by atoms with Crippen LogP contribution in [0.5, 0.6) is 0 Å². The average molecular weight is 403 g/mol. The summed E-state index contributed by atoms with van der Waals surface area (Å²) in [5.74, 6) is 2.56. The van der Waals surface area contributed by atoms with E-state index in [0.717, 1.165) is 66.3 Å². The summed E-state index contributed by atoms with van der Waals surface area (Å²) in [4.78, 5) is 9.48. The van der Waals surface area contributed by atoms with Gasteiger partial charge in [0.05, 0.1) is 0 Å². The summed E-state index contributed by atoms with van der Waals surface area (Å²) in [6.45, 7) is 5.23. The average Bonchev–Trinajstić information content (AvgIpc) is 3.44. The normalized spacial score (nSPS) is 11.1. The van der Waals surface area contributed by atoms with Gasteiger partial charge >= 0.3 is 0 Å². The molecule has 0 aliphatic rings. The number of H-pyrrole nitrogens is 1. The number of pyridine rings is 1. The standard InChI is InChI=1S/C22H26N8/c1-3-5-10-20-24-21(30(27-20)13-4-2)14-17-12-11-16(15-23-17)18-8-6-7-9-19(18)22-25-28-29-26-22/h6-9,11-12,15H,3-5,10,13-14H2,1-2H3,(H,25,26,28,29). The van der Waals surface area contributed by atoms with Crippen molar-refractivity contribution in [1.82, 2.24) is 40.4 Å². The molecule has 0 radical (unpaired) electrons. The molecule has 0 saturated heterocycles.